The van der Waals surface area contributed by atoms with E-state index < -0.39 is 42.2 Å². The van der Waals surface area contributed by atoms with Crippen molar-refractivity contribution in [3.05, 3.63) is 29.3 Å². The predicted octanol–water partition coefficient (Wildman–Crippen LogP) is 0.557. The number of rotatable bonds is 6. The first-order chi connectivity index (χ1) is 12.6. The Morgan fingerprint density at radius 3 is 2.11 bits per heavy atom. The molecule has 144 valence electrons. The Hall–Kier alpha value is -3.23. The molecule has 1 aromatic carbocycles. The second kappa shape index (κ2) is 7.98. The predicted molar refractivity (Wildman–Crippen MR) is 96.6 cm³/mol. The minimum atomic E-state index is -1.05. The van der Waals surface area contributed by atoms with E-state index in [1.54, 1.807) is 13.8 Å². The molecule has 9 nitrogen and oxygen atoms in total. The number of amides is 6. The van der Waals surface area contributed by atoms with Gasteiger partial charge in [-0.15, -0.1) is 0 Å². The van der Waals surface area contributed by atoms with E-state index in [-0.39, 0.29) is 6.54 Å². The summed E-state index contributed by atoms with van der Waals surface area (Å²) < 4.78 is 0. The zero-order valence-electron chi connectivity index (χ0n) is 15.7. The van der Waals surface area contributed by atoms with Crippen LogP contribution < -0.4 is 10.6 Å². The van der Waals surface area contributed by atoms with E-state index in [0.717, 1.165) is 16.0 Å². The van der Waals surface area contributed by atoms with Crippen molar-refractivity contribution in [3.63, 3.8) is 0 Å². The number of hydrogen-bond acceptors (Lipinski definition) is 5. The second-order valence-corrected chi connectivity index (χ2v) is 6.53. The maximum atomic E-state index is 12.1. The lowest BCUT2D eigenvalue weighted by molar-refractivity contribution is -0.144. The molecule has 9 heteroatoms. The molecule has 0 atom stereocenters. The van der Waals surface area contributed by atoms with Crippen LogP contribution in [-0.2, 0) is 19.2 Å². The zero-order chi connectivity index (χ0) is 20.3. The van der Waals surface area contributed by atoms with Crippen molar-refractivity contribution in [2.75, 3.05) is 18.4 Å². The monoisotopic (exact) mass is 374 g/mol. The summed E-state index contributed by atoms with van der Waals surface area (Å²) in [4.78, 5) is 61.2. The summed E-state index contributed by atoms with van der Waals surface area (Å²) in [6.45, 7) is 5.93. The molecular weight excluding hydrogens is 352 g/mol. The van der Waals surface area contributed by atoms with Gasteiger partial charge in [-0.25, -0.2) is 9.69 Å². The molecule has 0 aromatic heterocycles. The van der Waals surface area contributed by atoms with Crippen LogP contribution >= 0.6 is 0 Å². The summed E-state index contributed by atoms with van der Waals surface area (Å²) in [6, 6.07) is 4.24. The van der Waals surface area contributed by atoms with Gasteiger partial charge in [0, 0.05) is 11.7 Å². The number of urea groups is 1. The standard InChI is InChI=1S/C18H22N4O5/c1-10(2)22-17(26)16(25)21(18(22)27)9-14(24)19-8-13(23)20-15-11(3)6-5-7-12(15)4/h5-7,10H,8-9H2,1-4H3,(H,19,24)(H,20,23). The van der Waals surface area contributed by atoms with E-state index in [9.17, 15) is 24.0 Å². The second-order valence-electron chi connectivity index (χ2n) is 6.53. The van der Waals surface area contributed by atoms with Crippen molar-refractivity contribution in [1.82, 2.24) is 15.1 Å². The Kier molecular flexibility index (Phi) is 5.94. The van der Waals surface area contributed by atoms with Gasteiger partial charge >= 0.3 is 17.8 Å². The highest BCUT2D eigenvalue weighted by atomic mass is 16.2. The van der Waals surface area contributed by atoms with Crippen LogP contribution in [-0.4, -0.2) is 58.6 Å². The Balaban J connectivity index is 1.91. The highest BCUT2D eigenvalue weighted by Crippen LogP contribution is 2.19. The molecule has 1 aliphatic heterocycles. The van der Waals surface area contributed by atoms with Crippen LogP contribution in [0, 0.1) is 13.8 Å². The summed E-state index contributed by atoms with van der Waals surface area (Å²) in [5.41, 5.74) is 2.44. The SMILES string of the molecule is Cc1cccc(C)c1NC(=O)CNC(=O)CN1C(=O)C(=O)N(C(C)C)C1=O. The topological polar surface area (TPSA) is 116 Å². The van der Waals surface area contributed by atoms with Crippen LogP contribution in [0.3, 0.4) is 0 Å². The lowest BCUT2D eigenvalue weighted by Gasteiger charge is -2.18. The molecule has 2 N–H and O–H groups in total. The number of imide groups is 2. The Morgan fingerprint density at radius 2 is 1.59 bits per heavy atom. The van der Waals surface area contributed by atoms with Gasteiger partial charge in [-0.2, -0.15) is 0 Å². The van der Waals surface area contributed by atoms with Gasteiger partial charge in [-0.05, 0) is 38.8 Å². The lowest BCUT2D eigenvalue weighted by atomic mass is 10.1. The Labute approximate surface area is 156 Å². The number of aryl methyl sites for hydroxylation is 2. The fourth-order valence-corrected chi connectivity index (χ4v) is 2.69. The summed E-state index contributed by atoms with van der Waals surface area (Å²) in [5.74, 6) is -3.18. The van der Waals surface area contributed by atoms with Gasteiger partial charge in [-0.1, -0.05) is 18.2 Å². The number of para-hydroxylation sites is 1. The molecule has 1 heterocycles. The molecule has 27 heavy (non-hydrogen) atoms. The van der Waals surface area contributed by atoms with Crippen molar-refractivity contribution in [2.45, 2.75) is 33.7 Å². The number of hydrogen-bond donors (Lipinski definition) is 2. The molecule has 1 fully saturated rings. The van der Waals surface area contributed by atoms with Gasteiger partial charge in [0.2, 0.25) is 11.8 Å². The van der Waals surface area contributed by atoms with Crippen LogP contribution in [0.15, 0.2) is 18.2 Å². The summed E-state index contributed by atoms with van der Waals surface area (Å²) >= 11 is 0. The number of carbonyl (C=O) groups is 5. The van der Waals surface area contributed by atoms with Crippen molar-refractivity contribution < 1.29 is 24.0 Å². The third-order valence-corrected chi connectivity index (χ3v) is 4.09. The van der Waals surface area contributed by atoms with Crippen LogP contribution in [0.2, 0.25) is 0 Å². The van der Waals surface area contributed by atoms with Gasteiger partial charge in [0.25, 0.3) is 0 Å². The van der Waals surface area contributed by atoms with Crippen molar-refractivity contribution in [1.29, 1.82) is 0 Å². The van der Waals surface area contributed by atoms with Gasteiger partial charge in [0.05, 0.1) is 6.54 Å². The van der Waals surface area contributed by atoms with Gasteiger partial charge in [0.1, 0.15) is 6.54 Å². The zero-order valence-corrected chi connectivity index (χ0v) is 15.7. The lowest BCUT2D eigenvalue weighted by Crippen LogP contribution is -2.44. The van der Waals surface area contributed by atoms with Gasteiger partial charge in [-0.3, -0.25) is 24.1 Å². The largest absolute Gasteiger partial charge is 0.345 e. The van der Waals surface area contributed by atoms with Crippen molar-refractivity contribution in [3.8, 4) is 0 Å². The normalized spacial score (nSPS) is 14.2. The van der Waals surface area contributed by atoms with E-state index in [4.69, 9.17) is 0 Å². The maximum absolute atomic E-state index is 12.1. The molecule has 1 aliphatic rings. The van der Waals surface area contributed by atoms with E-state index in [0.29, 0.717) is 10.6 Å². The summed E-state index contributed by atoms with van der Waals surface area (Å²) in [7, 11) is 0. The first kappa shape index (κ1) is 20.1. The molecule has 2 rings (SSSR count). The number of nitrogens with one attached hydrogen (secondary N) is 2. The van der Waals surface area contributed by atoms with Crippen LogP contribution in [0.5, 0.6) is 0 Å². The molecule has 1 saturated heterocycles. The summed E-state index contributed by atoms with van der Waals surface area (Å²) in [6.07, 6.45) is 0. The number of nitrogens with zero attached hydrogens (tertiary/aromatic N) is 2. The molecule has 6 amide bonds. The average Bonchev–Trinajstić information content (AvgIpc) is 2.80. The van der Waals surface area contributed by atoms with E-state index >= 15 is 0 Å². The van der Waals surface area contributed by atoms with Crippen molar-refractivity contribution >= 4 is 35.3 Å². The van der Waals surface area contributed by atoms with E-state index in [1.165, 1.54) is 0 Å². The van der Waals surface area contributed by atoms with Crippen LogP contribution in [0.4, 0.5) is 10.5 Å². The summed E-state index contributed by atoms with van der Waals surface area (Å²) in [5, 5.41) is 5.05. The molecule has 0 aliphatic carbocycles. The average molecular weight is 374 g/mol. The Bertz CT molecular complexity index is 798. The van der Waals surface area contributed by atoms with Gasteiger partial charge < -0.3 is 10.6 Å². The minimum Gasteiger partial charge on any atom is -0.345 e. The van der Waals surface area contributed by atoms with Gasteiger partial charge in [0.15, 0.2) is 0 Å². The first-order valence-electron chi connectivity index (χ1n) is 8.45. The third kappa shape index (κ3) is 4.30. The fraction of sp³-hybridized carbons (Fsp3) is 0.389. The van der Waals surface area contributed by atoms with E-state index in [1.807, 2.05) is 32.0 Å². The molecule has 0 spiro atoms. The molecule has 1 aromatic rings. The third-order valence-electron chi connectivity index (χ3n) is 4.09. The molecular formula is C18H22N4O5. The molecule has 0 saturated carbocycles. The highest BCUT2D eigenvalue weighted by molar-refractivity contribution is 6.45. The van der Waals surface area contributed by atoms with Crippen LogP contribution in [0.1, 0.15) is 25.0 Å². The molecule has 0 radical (unpaired) electrons. The quantitative estimate of drug-likeness (QED) is 0.557. The fourth-order valence-electron chi connectivity index (χ4n) is 2.69. The number of carbonyl (C=O) groups excluding carboxylic acids is 5. The minimum absolute atomic E-state index is 0.329. The van der Waals surface area contributed by atoms with E-state index in [2.05, 4.69) is 10.6 Å². The highest BCUT2D eigenvalue weighted by Gasteiger charge is 2.46. The van der Waals surface area contributed by atoms with Crippen molar-refractivity contribution in [2.24, 2.45) is 0 Å². The number of benzene rings is 1. The first-order valence-corrected chi connectivity index (χ1v) is 8.45. The Morgan fingerprint density at radius 1 is 1.00 bits per heavy atom. The molecule has 0 unspecified atom stereocenters. The number of anilines is 1. The maximum Gasteiger partial charge on any atom is 0.334 e. The smallest absolute Gasteiger partial charge is 0.334 e. The molecule has 0 bridgehead atoms. The van der Waals surface area contributed by atoms with Crippen LogP contribution in [0.25, 0.3) is 0 Å².